The van der Waals surface area contributed by atoms with Crippen molar-refractivity contribution in [1.82, 2.24) is 10.2 Å². The van der Waals surface area contributed by atoms with E-state index in [0.717, 1.165) is 27.4 Å². The molecule has 2 heterocycles. The molecule has 2 aromatic carbocycles. The lowest BCUT2D eigenvalue weighted by Gasteiger charge is -2.22. The lowest BCUT2D eigenvalue weighted by atomic mass is 10.1. The SMILES string of the molecule is COc1ccc(N(Cc2cccs2)C(=O)CSc2nnc(-c3cccc(C)c3)o2)cc1. The molecule has 0 saturated heterocycles. The number of hydrogen-bond acceptors (Lipinski definition) is 7. The fourth-order valence-electron chi connectivity index (χ4n) is 3.01. The molecule has 0 aliphatic rings. The predicted molar refractivity (Wildman–Crippen MR) is 124 cm³/mol. The molecule has 0 spiro atoms. The van der Waals surface area contributed by atoms with Gasteiger partial charge >= 0.3 is 0 Å². The van der Waals surface area contributed by atoms with Gasteiger partial charge in [-0.25, -0.2) is 0 Å². The summed E-state index contributed by atoms with van der Waals surface area (Å²) in [7, 11) is 1.62. The Bertz CT molecular complexity index is 1140. The molecule has 0 N–H and O–H groups in total. The predicted octanol–water partition coefficient (Wildman–Crippen LogP) is 5.44. The number of carbonyl (C=O) groups excluding carboxylic acids is 1. The second-order valence-corrected chi connectivity index (χ2v) is 8.75. The fourth-order valence-corrected chi connectivity index (χ4v) is 4.34. The van der Waals surface area contributed by atoms with E-state index in [9.17, 15) is 4.79 Å². The van der Waals surface area contributed by atoms with Crippen LogP contribution in [0.1, 0.15) is 10.4 Å². The van der Waals surface area contributed by atoms with Gasteiger partial charge in [-0.05, 0) is 54.8 Å². The summed E-state index contributed by atoms with van der Waals surface area (Å²) in [6, 6.07) is 19.3. The maximum Gasteiger partial charge on any atom is 0.277 e. The molecule has 0 aliphatic heterocycles. The highest BCUT2D eigenvalue weighted by Crippen LogP contribution is 2.27. The average Bonchev–Trinajstić information content (AvgIpc) is 3.48. The summed E-state index contributed by atoms with van der Waals surface area (Å²) in [5, 5.41) is 10.6. The molecule has 0 unspecified atom stereocenters. The Morgan fingerprint density at radius 3 is 2.68 bits per heavy atom. The first kappa shape index (κ1) is 21.1. The van der Waals surface area contributed by atoms with Gasteiger partial charge in [0.15, 0.2) is 0 Å². The van der Waals surface area contributed by atoms with E-state index in [1.54, 1.807) is 23.3 Å². The molecule has 0 radical (unpaired) electrons. The van der Waals surface area contributed by atoms with Crippen molar-refractivity contribution in [3.8, 4) is 17.2 Å². The topological polar surface area (TPSA) is 68.5 Å². The van der Waals surface area contributed by atoms with Crippen molar-refractivity contribution in [2.45, 2.75) is 18.7 Å². The maximum absolute atomic E-state index is 13.1. The van der Waals surface area contributed by atoms with Gasteiger partial charge in [0.05, 0.1) is 19.4 Å². The summed E-state index contributed by atoms with van der Waals surface area (Å²) in [4.78, 5) is 16.0. The molecule has 0 aliphatic carbocycles. The Hall–Kier alpha value is -3.10. The molecule has 2 aromatic heterocycles. The largest absolute Gasteiger partial charge is 0.497 e. The van der Waals surface area contributed by atoms with Gasteiger partial charge in [-0.15, -0.1) is 21.5 Å². The van der Waals surface area contributed by atoms with E-state index in [1.165, 1.54) is 11.8 Å². The molecule has 4 aromatic rings. The van der Waals surface area contributed by atoms with Gasteiger partial charge in [0.2, 0.25) is 11.8 Å². The van der Waals surface area contributed by atoms with Crippen LogP contribution in [-0.2, 0) is 11.3 Å². The zero-order chi connectivity index (χ0) is 21.6. The Morgan fingerprint density at radius 1 is 1.13 bits per heavy atom. The van der Waals surface area contributed by atoms with Crippen LogP contribution in [0.25, 0.3) is 11.5 Å². The number of aromatic nitrogens is 2. The van der Waals surface area contributed by atoms with Crippen molar-refractivity contribution in [3.63, 3.8) is 0 Å². The number of methoxy groups -OCH3 is 1. The first-order valence-corrected chi connectivity index (χ1v) is 11.5. The van der Waals surface area contributed by atoms with Crippen LogP contribution in [0, 0.1) is 6.92 Å². The van der Waals surface area contributed by atoms with Gasteiger partial charge in [0, 0.05) is 16.1 Å². The second-order valence-electron chi connectivity index (χ2n) is 6.79. The minimum atomic E-state index is -0.0427. The number of nitrogens with zero attached hydrogens (tertiary/aromatic N) is 3. The molecular weight excluding hydrogens is 430 g/mol. The number of hydrogen-bond donors (Lipinski definition) is 0. The number of ether oxygens (including phenoxy) is 1. The van der Waals surface area contributed by atoms with Crippen LogP contribution in [0.2, 0.25) is 0 Å². The highest BCUT2D eigenvalue weighted by molar-refractivity contribution is 7.99. The van der Waals surface area contributed by atoms with Crippen LogP contribution >= 0.6 is 23.1 Å². The molecule has 158 valence electrons. The van der Waals surface area contributed by atoms with E-state index in [1.807, 2.05) is 73.0 Å². The van der Waals surface area contributed by atoms with Crippen molar-refractivity contribution in [1.29, 1.82) is 0 Å². The maximum atomic E-state index is 13.1. The molecule has 6 nitrogen and oxygen atoms in total. The molecule has 8 heteroatoms. The normalized spacial score (nSPS) is 10.8. The van der Waals surface area contributed by atoms with Gasteiger partial charge in [-0.1, -0.05) is 35.5 Å². The number of thioether (sulfide) groups is 1. The molecule has 0 atom stereocenters. The van der Waals surface area contributed by atoms with Gasteiger partial charge in [0.25, 0.3) is 5.22 Å². The molecule has 4 rings (SSSR count). The van der Waals surface area contributed by atoms with Gasteiger partial charge in [0.1, 0.15) is 5.75 Å². The van der Waals surface area contributed by atoms with Crippen molar-refractivity contribution in [2.24, 2.45) is 0 Å². The van der Waals surface area contributed by atoms with E-state index in [-0.39, 0.29) is 11.7 Å². The van der Waals surface area contributed by atoms with E-state index in [0.29, 0.717) is 17.7 Å². The zero-order valence-electron chi connectivity index (χ0n) is 17.1. The zero-order valence-corrected chi connectivity index (χ0v) is 18.8. The van der Waals surface area contributed by atoms with Crippen LogP contribution in [0.4, 0.5) is 5.69 Å². The molecular formula is C23H21N3O3S2. The lowest BCUT2D eigenvalue weighted by molar-refractivity contribution is -0.116. The van der Waals surface area contributed by atoms with Gasteiger partial charge < -0.3 is 14.1 Å². The minimum Gasteiger partial charge on any atom is -0.497 e. The van der Waals surface area contributed by atoms with Gasteiger partial charge in [-0.3, -0.25) is 4.79 Å². The summed E-state index contributed by atoms with van der Waals surface area (Å²) in [5.41, 5.74) is 2.79. The van der Waals surface area contributed by atoms with Crippen LogP contribution in [0.3, 0.4) is 0 Å². The third-order valence-electron chi connectivity index (χ3n) is 4.57. The number of aryl methyl sites for hydroxylation is 1. The Labute approximate surface area is 188 Å². The summed E-state index contributed by atoms with van der Waals surface area (Å²) in [6.07, 6.45) is 0. The standard InChI is InChI=1S/C23H21N3O3S2/c1-16-5-3-6-17(13-16)22-24-25-23(29-22)31-15-21(27)26(14-20-7-4-12-30-20)18-8-10-19(28-2)11-9-18/h3-13H,14-15H2,1-2H3. The number of amides is 1. The third-order valence-corrected chi connectivity index (χ3v) is 6.23. The third kappa shape index (κ3) is 5.34. The van der Waals surface area contributed by atoms with Crippen molar-refractivity contribution >= 4 is 34.7 Å². The number of anilines is 1. The number of thiophene rings is 1. The highest BCUT2D eigenvalue weighted by Gasteiger charge is 2.19. The van der Waals surface area contributed by atoms with E-state index in [4.69, 9.17) is 9.15 Å². The Morgan fingerprint density at radius 2 is 1.97 bits per heavy atom. The number of carbonyl (C=O) groups is 1. The molecule has 31 heavy (non-hydrogen) atoms. The van der Waals surface area contributed by atoms with Crippen LogP contribution < -0.4 is 9.64 Å². The van der Waals surface area contributed by atoms with Crippen molar-refractivity contribution in [3.05, 3.63) is 76.5 Å². The summed E-state index contributed by atoms with van der Waals surface area (Å²) < 4.78 is 11.0. The molecule has 1 amide bonds. The van der Waals surface area contributed by atoms with Crippen molar-refractivity contribution < 1.29 is 13.9 Å². The first-order chi connectivity index (χ1) is 15.1. The quantitative estimate of drug-likeness (QED) is 0.332. The number of rotatable bonds is 8. The smallest absolute Gasteiger partial charge is 0.277 e. The van der Waals surface area contributed by atoms with Crippen LogP contribution in [0.5, 0.6) is 5.75 Å². The second kappa shape index (κ2) is 9.80. The Kier molecular flexibility index (Phi) is 6.69. The van der Waals surface area contributed by atoms with Crippen LogP contribution in [0.15, 0.2) is 75.7 Å². The number of benzene rings is 2. The van der Waals surface area contributed by atoms with Gasteiger partial charge in [-0.2, -0.15) is 0 Å². The lowest BCUT2D eigenvalue weighted by Crippen LogP contribution is -2.31. The van der Waals surface area contributed by atoms with Crippen LogP contribution in [-0.4, -0.2) is 29.0 Å². The fraction of sp³-hybridized carbons (Fsp3) is 0.174. The molecule has 0 fully saturated rings. The summed E-state index contributed by atoms with van der Waals surface area (Å²) >= 11 is 2.86. The van der Waals surface area contributed by atoms with E-state index >= 15 is 0 Å². The minimum absolute atomic E-state index is 0.0427. The average molecular weight is 452 g/mol. The molecule has 0 saturated carbocycles. The monoisotopic (exact) mass is 451 g/mol. The Balaban J connectivity index is 1.47. The molecule has 0 bridgehead atoms. The van der Waals surface area contributed by atoms with E-state index in [2.05, 4.69) is 10.2 Å². The first-order valence-electron chi connectivity index (χ1n) is 9.62. The highest BCUT2D eigenvalue weighted by atomic mass is 32.2. The summed E-state index contributed by atoms with van der Waals surface area (Å²) in [6.45, 7) is 2.51. The van der Waals surface area contributed by atoms with E-state index < -0.39 is 0 Å². The van der Waals surface area contributed by atoms with Crippen molar-refractivity contribution in [2.75, 3.05) is 17.8 Å². The summed E-state index contributed by atoms with van der Waals surface area (Å²) in [5.74, 6) is 1.34.